The normalized spacial score (nSPS) is 20.5. The summed E-state index contributed by atoms with van der Waals surface area (Å²) in [6.45, 7) is 4.46. The molecule has 3 heteroatoms. The minimum Gasteiger partial charge on any atom is -0.497 e. The lowest BCUT2D eigenvalue weighted by Gasteiger charge is -2.36. The first-order valence-corrected chi connectivity index (χ1v) is 6.06. The van der Waals surface area contributed by atoms with E-state index in [0.29, 0.717) is 0 Å². The average Bonchev–Trinajstić information content (AvgIpc) is 3.10. The fraction of sp³-hybridized carbons (Fsp3) is 0.571. The number of nitrogens with one attached hydrogen (secondary N) is 1. The molecule has 1 aliphatic carbocycles. The Kier molecular flexibility index (Phi) is 3.04. The molecule has 94 valence electrons. The van der Waals surface area contributed by atoms with Crippen LogP contribution < -0.4 is 10.1 Å². The third-order valence-corrected chi connectivity index (χ3v) is 4.16. The predicted octanol–water partition coefficient (Wildman–Crippen LogP) is 2.66. The summed E-state index contributed by atoms with van der Waals surface area (Å²) in [5.41, 5.74) is 0.985. The highest BCUT2D eigenvalue weighted by atomic mass is 16.5. The summed E-state index contributed by atoms with van der Waals surface area (Å²) < 4.78 is 5.13. The largest absolute Gasteiger partial charge is 0.497 e. The second-order valence-electron chi connectivity index (χ2n) is 5.40. The van der Waals surface area contributed by atoms with Crippen LogP contribution in [0, 0.1) is 5.41 Å². The second kappa shape index (κ2) is 4.22. The van der Waals surface area contributed by atoms with Crippen molar-refractivity contribution in [3.05, 3.63) is 24.3 Å². The zero-order valence-corrected chi connectivity index (χ0v) is 10.8. The molecule has 1 unspecified atom stereocenters. The molecule has 1 aromatic carbocycles. The SMILES string of the molecule is COc1ccc(NC(C)(CO)C2(C)CC2)cc1. The van der Waals surface area contributed by atoms with Gasteiger partial charge in [-0.3, -0.25) is 0 Å². The van der Waals surface area contributed by atoms with E-state index in [9.17, 15) is 5.11 Å². The lowest BCUT2D eigenvalue weighted by Crippen LogP contribution is -2.46. The molecule has 1 aliphatic rings. The summed E-state index contributed by atoms with van der Waals surface area (Å²) >= 11 is 0. The van der Waals surface area contributed by atoms with Crippen LogP contribution in [0.25, 0.3) is 0 Å². The number of benzene rings is 1. The lowest BCUT2D eigenvalue weighted by molar-refractivity contribution is 0.167. The van der Waals surface area contributed by atoms with E-state index in [0.717, 1.165) is 11.4 Å². The van der Waals surface area contributed by atoms with Gasteiger partial charge in [-0.25, -0.2) is 0 Å². The Balaban J connectivity index is 2.12. The van der Waals surface area contributed by atoms with Crippen molar-refractivity contribution in [2.75, 3.05) is 19.0 Å². The maximum atomic E-state index is 9.64. The van der Waals surface area contributed by atoms with Gasteiger partial charge in [0.25, 0.3) is 0 Å². The zero-order valence-electron chi connectivity index (χ0n) is 10.8. The highest BCUT2D eigenvalue weighted by Gasteiger charge is 2.52. The van der Waals surface area contributed by atoms with Gasteiger partial charge < -0.3 is 15.2 Å². The Morgan fingerprint density at radius 1 is 1.35 bits per heavy atom. The Morgan fingerprint density at radius 2 is 1.94 bits per heavy atom. The van der Waals surface area contributed by atoms with Crippen molar-refractivity contribution in [2.45, 2.75) is 32.2 Å². The maximum Gasteiger partial charge on any atom is 0.119 e. The number of ether oxygens (including phenoxy) is 1. The van der Waals surface area contributed by atoms with Crippen LogP contribution in [-0.2, 0) is 0 Å². The summed E-state index contributed by atoms with van der Waals surface area (Å²) in [6, 6.07) is 7.82. The number of anilines is 1. The quantitative estimate of drug-likeness (QED) is 0.824. The van der Waals surface area contributed by atoms with E-state index in [1.807, 2.05) is 24.3 Å². The van der Waals surface area contributed by atoms with E-state index in [4.69, 9.17) is 4.74 Å². The third-order valence-electron chi connectivity index (χ3n) is 4.16. The first-order chi connectivity index (χ1) is 8.03. The van der Waals surface area contributed by atoms with Crippen molar-refractivity contribution in [2.24, 2.45) is 5.41 Å². The van der Waals surface area contributed by atoms with Gasteiger partial charge in [0.2, 0.25) is 0 Å². The van der Waals surface area contributed by atoms with Crippen LogP contribution in [0.5, 0.6) is 5.75 Å². The van der Waals surface area contributed by atoms with Gasteiger partial charge in [-0.05, 0) is 49.4 Å². The molecule has 0 aromatic heterocycles. The maximum absolute atomic E-state index is 9.64. The molecule has 0 bridgehead atoms. The molecule has 3 nitrogen and oxygen atoms in total. The van der Waals surface area contributed by atoms with Gasteiger partial charge in [0.05, 0.1) is 19.3 Å². The van der Waals surface area contributed by atoms with E-state index in [-0.39, 0.29) is 17.6 Å². The van der Waals surface area contributed by atoms with Crippen LogP contribution >= 0.6 is 0 Å². The molecule has 1 aromatic rings. The van der Waals surface area contributed by atoms with Gasteiger partial charge in [-0.1, -0.05) is 6.92 Å². The summed E-state index contributed by atoms with van der Waals surface area (Å²) in [4.78, 5) is 0. The Labute approximate surface area is 103 Å². The molecule has 1 fully saturated rings. The van der Waals surface area contributed by atoms with E-state index < -0.39 is 0 Å². The van der Waals surface area contributed by atoms with Crippen LogP contribution in [0.15, 0.2) is 24.3 Å². The van der Waals surface area contributed by atoms with E-state index >= 15 is 0 Å². The van der Waals surface area contributed by atoms with Crippen molar-refractivity contribution < 1.29 is 9.84 Å². The molecule has 0 amide bonds. The van der Waals surface area contributed by atoms with Crippen LogP contribution in [0.3, 0.4) is 0 Å². The summed E-state index contributed by atoms with van der Waals surface area (Å²) in [6.07, 6.45) is 2.35. The third kappa shape index (κ3) is 2.25. The Bertz CT molecular complexity index is 384. The molecule has 1 atom stereocenters. The number of aliphatic hydroxyl groups is 1. The standard InChI is InChI=1S/C14H21NO2/c1-13(8-9-13)14(2,10-16)15-11-4-6-12(17-3)7-5-11/h4-7,15-16H,8-10H2,1-3H3. The van der Waals surface area contributed by atoms with Crippen LogP contribution in [0.4, 0.5) is 5.69 Å². The van der Waals surface area contributed by atoms with Gasteiger partial charge >= 0.3 is 0 Å². The molecule has 0 spiro atoms. The minimum atomic E-state index is -0.248. The van der Waals surface area contributed by atoms with Crippen molar-refractivity contribution >= 4 is 5.69 Å². The number of methoxy groups -OCH3 is 1. The highest BCUT2D eigenvalue weighted by Crippen LogP contribution is 2.54. The molecular weight excluding hydrogens is 214 g/mol. The fourth-order valence-corrected chi connectivity index (χ4v) is 2.11. The summed E-state index contributed by atoms with van der Waals surface area (Å²) in [5, 5.41) is 13.1. The first kappa shape index (κ1) is 12.2. The minimum absolute atomic E-state index is 0.148. The highest BCUT2D eigenvalue weighted by molar-refractivity contribution is 5.49. The molecule has 17 heavy (non-hydrogen) atoms. The van der Waals surface area contributed by atoms with Gasteiger partial charge in [0.1, 0.15) is 5.75 Å². The van der Waals surface area contributed by atoms with E-state index in [1.54, 1.807) is 7.11 Å². The Morgan fingerprint density at radius 3 is 2.35 bits per heavy atom. The molecular formula is C14H21NO2. The molecule has 2 N–H and O–H groups in total. The number of rotatable bonds is 5. The van der Waals surface area contributed by atoms with Gasteiger partial charge in [0, 0.05) is 5.69 Å². The van der Waals surface area contributed by atoms with Crippen molar-refractivity contribution in [1.82, 2.24) is 0 Å². The summed E-state index contributed by atoms with van der Waals surface area (Å²) in [5.74, 6) is 0.846. The molecule has 1 saturated carbocycles. The van der Waals surface area contributed by atoms with Crippen molar-refractivity contribution in [3.8, 4) is 5.75 Å². The van der Waals surface area contributed by atoms with Gasteiger partial charge in [-0.2, -0.15) is 0 Å². The average molecular weight is 235 g/mol. The number of hydrogen-bond acceptors (Lipinski definition) is 3. The summed E-state index contributed by atoms with van der Waals surface area (Å²) in [7, 11) is 1.66. The molecule has 0 aliphatic heterocycles. The van der Waals surface area contributed by atoms with Crippen LogP contribution in [-0.4, -0.2) is 24.4 Å². The fourth-order valence-electron chi connectivity index (χ4n) is 2.11. The number of aliphatic hydroxyl groups excluding tert-OH is 1. The number of hydrogen-bond donors (Lipinski definition) is 2. The first-order valence-electron chi connectivity index (χ1n) is 6.06. The van der Waals surface area contributed by atoms with Crippen LogP contribution in [0.2, 0.25) is 0 Å². The van der Waals surface area contributed by atoms with Gasteiger partial charge in [0.15, 0.2) is 0 Å². The molecule has 0 heterocycles. The van der Waals surface area contributed by atoms with E-state index in [2.05, 4.69) is 19.2 Å². The smallest absolute Gasteiger partial charge is 0.119 e. The Hall–Kier alpha value is -1.22. The molecule has 0 radical (unpaired) electrons. The second-order valence-corrected chi connectivity index (χ2v) is 5.40. The lowest BCUT2D eigenvalue weighted by atomic mass is 9.84. The van der Waals surface area contributed by atoms with Crippen LogP contribution in [0.1, 0.15) is 26.7 Å². The van der Waals surface area contributed by atoms with Gasteiger partial charge in [-0.15, -0.1) is 0 Å². The van der Waals surface area contributed by atoms with E-state index in [1.165, 1.54) is 12.8 Å². The zero-order chi connectivity index (χ0) is 12.5. The topological polar surface area (TPSA) is 41.5 Å². The monoisotopic (exact) mass is 235 g/mol. The van der Waals surface area contributed by atoms with Crippen molar-refractivity contribution in [1.29, 1.82) is 0 Å². The predicted molar refractivity (Wildman–Crippen MR) is 69.4 cm³/mol. The van der Waals surface area contributed by atoms with Crippen molar-refractivity contribution in [3.63, 3.8) is 0 Å². The molecule has 2 rings (SSSR count). The molecule has 0 saturated heterocycles.